The van der Waals surface area contributed by atoms with Crippen molar-refractivity contribution < 1.29 is 4.42 Å². The lowest BCUT2D eigenvalue weighted by Gasteiger charge is -2.04. The topological polar surface area (TPSA) is 26.0 Å². The molecule has 2 nitrogen and oxygen atoms in total. The van der Waals surface area contributed by atoms with Crippen LogP contribution >= 0.6 is 0 Å². The number of nitrogens with zero attached hydrogens (tertiary/aromatic N) is 1. The Morgan fingerprint density at radius 1 is 1.13 bits per heavy atom. The predicted octanol–water partition coefficient (Wildman–Crippen LogP) is 3.77. The van der Waals surface area contributed by atoms with Gasteiger partial charge in [-0.1, -0.05) is 38.1 Å². The van der Waals surface area contributed by atoms with Crippen molar-refractivity contribution in [1.82, 2.24) is 4.98 Å². The van der Waals surface area contributed by atoms with Gasteiger partial charge >= 0.3 is 0 Å². The van der Waals surface area contributed by atoms with Crippen LogP contribution in [0.5, 0.6) is 0 Å². The van der Waals surface area contributed by atoms with E-state index in [1.54, 1.807) is 6.20 Å². The molecule has 0 amide bonds. The van der Waals surface area contributed by atoms with E-state index in [1.807, 2.05) is 6.92 Å². The molecule has 2 rings (SSSR count). The fourth-order valence-electron chi connectivity index (χ4n) is 1.53. The largest absolute Gasteiger partial charge is 0.441 e. The molecule has 0 unspecified atom stereocenters. The zero-order valence-electron chi connectivity index (χ0n) is 9.32. The normalized spacial score (nSPS) is 10.9. The Balaban J connectivity index is 2.31. The Morgan fingerprint density at radius 2 is 1.80 bits per heavy atom. The van der Waals surface area contributed by atoms with E-state index in [-0.39, 0.29) is 0 Å². The molecule has 0 saturated heterocycles. The van der Waals surface area contributed by atoms with Gasteiger partial charge in [0.25, 0.3) is 0 Å². The molecule has 0 aliphatic heterocycles. The molecule has 0 bridgehead atoms. The van der Waals surface area contributed by atoms with Crippen molar-refractivity contribution in [2.45, 2.75) is 26.7 Å². The minimum absolute atomic E-state index is 0.565. The standard InChI is InChI=1S/C13H15NO/c1-9(2)11-4-6-12(7-5-11)13-8-14-10(3)15-13/h4-9H,1-3H3. The number of aromatic nitrogens is 1. The molecule has 0 saturated carbocycles. The summed E-state index contributed by atoms with van der Waals surface area (Å²) in [7, 11) is 0. The number of oxazole rings is 1. The van der Waals surface area contributed by atoms with Crippen LogP contribution in [0.1, 0.15) is 31.2 Å². The second-order valence-electron chi connectivity index (χ2n) is 4.02. The highest BCUT2D eigenvalue weighted by atomic mass is 16.4. The van der Waals surface area contributed by atoms with E-state index in [0.717, 1.165) is 11.3 Å². The van der Waals surface area contributed by atoms with E-state index in [1.165, 1.54) is 5.56 Å². The van der Waals surface area contributed by atoms with Gasteiger partial charge < -0.3 is 4.42 Å². The summed E-state index contributed by atoms with van der Waals surface area (Å²) in [6, 6.07) is 8.43. The first kappa shape index (κ1) is 9.97. The Morgan fingerprint density at radius 3 is 2.27 bits per heavy atom. The first-order chi connectivity index (χ1) is 7.16. The number of aryl methyl sites for hydroxylation is 1. The Kier molecular flexibility index (Phi) is 2.58. The van der Waals surface area contributed by atoms with E-state index in [9.17, 15) is 0 Å². The van der Waals surface area contributed by atoms with Gasteiger partial charge in [-0.15, -0.1) is 0 Å². The van der Waals surface area contributed by atoms with E-state index in [0.29, 0.717) is 11.8 Å². The van der Waals surface area contributed by atoms with Crippen LogP contribution in [0, 0.1) is 6.92 Å². The fourth-order valence-corrected chi connectivity index (χ4v) is 1.53. The lowest BCUT2D eigenvalue weighted by molar-refractivity contribution is 0.534. The summed E-state index contributed by atoms with van der Waals surface area (Å²) in [6.45, 7) is 6.23. The fraction of sp³-hybridized carbons (Fsp3) is 0.308. The van der Waals surface area contributed by atoms with Crippen LogP contribution in [0.15, 0.2) is 34.9 Å². The number of hydrogen-bond donors (Lipinski definition) is 0. The summed E-state index contributed by atoms with van der Waals surface area (Å²) in [5, 5.41) is 0. The lowest BCUT2D eigenvalue weighted by atomic mass is 10.0. The van der Waals surface area contributed by atoms with Crippen molar-refractivity contribution in [3.8, 4) is 11.3 Å². The lowest BCUT2D eigenvalue weighted by Crippen LogP contribution is -1.85. The molecule has 0 aliphatic rings. The van der Waals surface area contributed by atoms with Crippen LogP contribution in [-0.2, 0) is 0 Å². The molecule has 1 aromatic carbocycles. The SMILES string of the molecule is Cc1ncc(-c2ccc(C(C)C)cc2)o1. The molecule has 2 heteroatoms. The smallest absolute Gasteiger partial charge is 0.191 e. The van der Waals surface area contributed by atoms with Crippen molar-refractivity contribution in [3.63, 3.8) is 0 Å². The molecule has 0 spiro atoms. The van der Waals surface area contributed by atoms with Gasteiger partial charge in [-0.25, -0.2) is 4.98 Å². The highest BCUT2D eigenvalue weighted by molar-refractivity contribution is 5.56. The minimum atomic E-state index is 0.565. The predicted molar refractivity (Wildman–Crippen MR) is 60.8 cm³/mol. The third kappa shape index (κ3) is 2.09. The highest BCUT2D eigenvalue weighted by Crippen LogP contribution is 2.22. The van der Waals surface area contributed by atoms with Gasteiger partial charge in [-0.05, 0) is 11.5 Å². The maximum atomic E-state index is 5.46. The van der Waals surface area contributed by atoms with E-state index >= 15 is 0 Å². The molecule has 2 aromatic rings. The third-order valence-electron chi connectivity index (χ3n) is 2.48. The molecule has 0 atom stereocenters. The number of hydrogen-bond acceptors (Lipinski definition) is 2. The average molecular weight is 201 g/mol. The van der Waals surface area contributed by atoms with E-state index in [2.05, 4.69) is 43.1 Å². The van der Waals surface area contributed by atoms with Gasteiger partial charge in [-0.3, -0.25) is 0 Å². The van der Waals surface area contributed by atoms with Gasteiger partial charge in [0.15, 0.2) is 11.7 Å². The molecular weight excluding hydrogens is 186 g/mol. The van der Waals surface area contributed by atoms with Gasteiger partial charge in [0.05, 0.1) is 6.20 Å². The van der Waals surface area contributed by atoms with Crippen molar-refractivity contribution >= 4 is 0 Å². The van der Waals surface area contributed by atoms with Crippen LogP contribution in [0.4, 0.5) is 0 Å². The summed E-state index contributed by atoms with van der Waals surface area (Å²) in [6.07, 6.45) is 1.76. The van der Waals surface area contributed by atoms with Crippen molar-refractivity contribution in [1.29, 1.82) is 0 Å². The molecule has 1 heterocycles. The minimum Gasteiger partial charge on any atom is -0.441 e. The summed E-state index contributed by atoms with van der Waals surface area (Å²) in [5.41, 5.74) is 2.43. The van der Waals surface area contributed by atoms with Gasteiger partial charge in [0.1, 0.15) is 0 Å². The molecule has 78 valence electrons. The van der Waals surface area contributed by atoms with Crippen molar-refractivity contribution in [2.75, 3.05) is 0 Å². The molecule has 15 heavy (non-hydrogen) atoms. The van der Waals surface area contributed by atoms with Crippen LogP contribution in [-0.4, -0.2) is 4.98 Å². The summed E-state index contributed by atoms with van der Waals surface area (Å²) in [4.78, 5) is 4.08. The first-order valence-corrected chi connectivity index (χ1v) is 5.19. The van der Waals surface area contributed by atoms with Gasteiger partial charge in [0.2, 0.25) is 0 Å². The molecule has 0 N–H and O–H groups in total. The monoisotopic (exact) mass is 201 g/mol. The Bertz CT molecular complexity index is 440. The summed E-state index contributed by atoms with van der Waals surface area (Å²) in [5.74, 6) is 2.11. The van der Waals surface area contributed by atoms with Crippen molar-refractivity contribution in [2.24, 2.45) is 0 Å². The average Bonchev–Trinajstić information content (AvgIpc) is 2.65. The van der Waals surface area contributed by atoms with Crippen LogP contribution < -0.4 is 0 Å². The molecule has 0 aliphatic carbocycles. The first-order valence-electron chi connectivity index (χ1n) is 5.19. The van der Waals surface area contributed by atoms with Gasteiger partial charge in [-0.2, -0.15) is 0 Å². The van der Waals surface area contributed by atoms with Crippen LogP contribution in [0.3, 0.4) is 0 Å². The quantitative estimate of drug-likeness (QED) is 0.739. The maximum absolute atomic E-state index is 5.46. The third-order valence-corrected chi connectivity index (χ3v) is 2.48. The maximum Gasteiger partial charge on any atom is 0.191 e. The number of rotatable bonds is 2. The van der Waals surface area contributed by atoms with Crippen molar-refractivity contribution in [3.05, 3.63) is 41.9 Å². The molecular formula is C13H15NO. The van der Waals surface area contributed by atoms with E-state index in [4.69, 9.17) is 4.42 Å². The highest BCUT2D eigenvalue weighted by Gasteiger charge is 2.04. The Hall–Kier alpha value is -1.57. The molecule has 0 fully saturated rings. The van der Waals surface area contributed by atoms with Gasteiger partial charge in [0, 0.05) is 12.5 Å². The van der Waals surface area contributed by atoms with Crippen LogP contribution in [0.2, 0.25) is 0 Å². The summed E-state index contributed by atoms with van der Waals surface area (Å²) < 4.78 is 5.46. The van der Waals surface area contributed by atoms with E-state index < -0.39 is 0 Å². The number of benzene rings is 1. The molecule has 1 aromatic heterocycles. The second-order valence-corrected chi connectivity index (χ2v) is 4.02. The Labute approximate surface area is 90.0 Å². The second kappa shape index (κ2) is 3.89. The molecule has 0 radical (unpaired) electrons. The summed E-state index contributed by atoms with van der Waals surface area (Å²) >= 11 is 0. The van der Waals surface area contributed by atoms with Crippen LogP contribution in [0.25, 0.3) is 11.3 Å². The zero-order chi connectivity index (χ0) is 10.8. The zero-order valence-corrected chi connectivity index (χ0v) is 9.32.